The van der Waals surface area contributed by atoms with E-state index in [4.69, 9.17) is 30.9 Å². The fraction of sp³-hybridized carbons (Fsp3) is 0.560. The van der Waals surface area contributed by atoms with Gasteiger partial charge in [-0.15, -0.1) is 0 Å². The number of piperidine rings is 1. The van der Waals surface area contributed by atoms with Gasteiger partial charge in [0.05, 0.1) is 6.10 Å². The number of rotatable bonds is 9. The first-order valence-corrected chi connectivity index (χ1v) is 14.2. The monoisotopic (exact) mass is 533 g/mol. The van der Waals surface area contributed by atoms with Gasteiger partial charge >= 0.3 is 8.60 Å². The molecule has 2 aromatic rings. The summed E-state index contributed by atoms with van der Waals surface area (Å²) in [6.07, 6.45) is 6.35. The molecule has 1 aromatic heterocycles. The molecule has 2 heterocycles. The first kappa shape index (κ1) is 25.6. The third-order valence-corrected chi connectivity index (χ3v) is 8.33. The van der Waals surface area contributed by atoms with Crippen LogP contribution >= 0.6 is 20.2 Å². The zero-order valence-corrected chi connectivity index (χ0v) is 22.0. The highest BCUT2D eigenvalue weighted by Gasteiger charge is 2.46. The molecular formula is C25H33ClN5O4P. The van der Waals surface area contributed by atoms with Gasteiger partial charge in [-0.1, -0.05) is 30.7 Å². The summed E-state index contributed by atoms with van der Waals surface area (Å²) in [7, 11) is -2.36. The van der Waals surface area contributed by atoms with Gasteiger partial charge in [0, 0.05) is 36.9 Å². The van der Waals surface area contributed by atoms with Gasteiger partial charge in [-0.2, -0.15) is 4.98 Å². The minimum absolute atomic E-state index is 0.0143. The Morgan fingerprint density at radius 1 is 1.22 bits per heavy atom. The van der Waals surface area contributed by atoms with E-state index in [9.17, 15) is 4.79 Å². The van der Waals surface area contributed by atoms with Crippen LogP contribution in [0.3, 0.4) is 0 Å². The van der Waals surface area contributed by atoms with Gasteiger partial charge in [-0.25, -0.2) is 4.98 Å². The number of benzene rings is 1. The molecule has 1 aliphatic heterocycles. The summed E-state index contributed by atoms with van der Waals surface area (Å²) >= 11 is 6.41. The molecule has 0 bridgehead atoms. The molecule has 1 amide bonds. The Labute approximate surface area is 217 Å². The Morgan fingerprint density at radius 3 is 2.64 bits per heavy atom. The van der Waals surface area contributed by atoms with E-state index in [-0.39, 0.29) is 18.1 Å². The average Bonchev–Trinajstić information content (AvgIpc) is 3.48. The fourth-order valence-corrected chi connectivity index (χ4v) is 6.08. The van der Waals surface area contributed by atoms with Gasteiger partial charge in [0.25, 0.3) is 5.91 Å². The second-order valence-corrected chi connectivity index (χ2v) is 11.2. The zero-order valence-electron chi connectivity index (χ0n) is 20.4. The van der Waals surface area contributed by atoms with Crippen molar-refractivity contribution in [2.45, 2.75) is 64.1 Å². The molecule has 194 valence electrons. The number of halogens is 1. The van der Waals surface area contributed by atoms with Gasteiger partial charge in [0.2, 0.25) is 5.95 Å². The maximum absolute atomic E-state index is 13.3. The van der Waals surface area contributed by atoms with E-state index in [1.807, 2.05) is 18.2 Å². The number of fused-ring (bicyclic) bond motifs is 1. The van der Waals surface area contributed by atoms with Crippen LogP contribution in [0.15, 0.2) is 24.4 Å². The number of nitrogens with one attached hydrogen (secondary N) is 2. The second kappa shape index (κ2) is 11.2. The molecule has 2 saturated carbocycles. The second-order valence-electron chi connectivity index (χ2n) is 10.0. The summed E-state index contributed by atoms with van der Waals surface area (Å²) in [5.41, 5.74) is 2.52. The minimum atomic E-state index is -2.36. The number of nitrogens with zero attached hydrogens (tertiary/aromatic N) is 3. The number of aromatic nitrogens is 2. The molecule has 2 unspecified atom stereocenters. The SMILES string of the molecule is CCc1ccc(CNc2nc(N3CC4CC4C3)ncc2C(=O)NC2CCC(OP(O)O)CC2)cc1Cl. The van der Waals surface area contributed by atoms with E-state index in [1.165, 1.54) is 6.42 Å². The molecule has 0 spiro atoms. The summed E-state index contributed by atoms with van der Waals surface area (Å²) in [6, 6.07) is 6.01. The molecule has 1 saturated heterocycles. The van der Waals surface area contributed by atoms with E-state index >= 15 is 0 Å². The third-order valence-electron chi connectivity index (χ3n) is 7.49. The van der Waals surface area contributed by atoms with Crippen LogP contribution in [-0.4, -0.2) is 50.9 Å². The summed E-state index contributed by atoms with van der Waals surface area (Å²) in [4.78, 5) is 43.0. The summed E-state index contributed by atoms with van der Waals surface area (Å²) < 4.78 is 5.14. The van der Waals surface area contributed by atoms with Crippen molar-refractivity contribution >= 4 is 37.9 Å². The lowest BCUT2D eigenvalue weighted by Gasteiger charge is -2.29. The van der Waals surface area contributed by atoms with Crippen molar-refractivity contribution in [1.29, 1.82) is 0 Å². The number of anilines is 2. The highest BCUT2D eigenvalue weighted by molar-refractivity contribution is 7.39. The van der Waals surface area contributed by atoms with Crippen molar-refractivity contribution < 1.29 is 19.1 Å². The molecule has 0 radical (unpaired) electrons. The fourth-order valence-electron chi connectivity index (χ4n) is 5.27. The van der Waals surface area contributed by atoms with Crippen LogP contribution < -0.4 is 15.5 Å². The Kier molecular flexibility index (Phi) is 7.93. The molecule has 3 fully saturated rings. The first-order chi connectivity index (χ1) is 17.4. The number of carbonyl (C=O) groups excluding carboxylic acids is 1. The molecule has 3 aliphatic rings. The molecule has 2 aliphatic carbocycles. The van der Waals surface area contributed by atoms with Crippen LogP contribution in [0, 0.1) is 11.8 Å². The summed E-state index contributed by atoms with van der Waals surface area (Å²) in [6.45, 7) is 4.50. The van der Waals surface area contributed by atoms with Gasteiger partial charge in [0.15, 0.2) is 0 Å². The maximum atomic E-state index is 13.3. The van der Waals surface area contributed by atoms with E-state index in [1.54, 1.807) is 6.20 Å². The van der Waals surface area contributed by atoms with Gasteiger partial charge in [-0.05, 0) is 67.6 Å². The third kappa shape index (κ3) is 6.09. The van der Waals surface area contributed by atoms with Crippen LogP contribution in [0.1, 0.15) is 60.5 Å². The van der Waals surface area contributed by atoms with Gasteiger partial charge < -0.3 is 29.8 Å². The number of carbonyl (C=O) groups is 1. The van der Waals surface area contributed by atoms with Crippen molar-refractivity contribution in [2.24, 2.45) is 11.8 Å². The summed E-state index contributed by atoms with van der Waals surface area (Å²) in [5.74, 6) is 2.45. The predicted octanol–water partition coefficient (Wildman–Crippen LogP) is 4.03. The van der Waals surface area contributed by atoms with E-state index in [2.05, 4.69) is 27.4 Å². The minimum Gasteiger partial charge on any atom is -0.365 e. The van der Waals surface area contributed by atoms with E-state index in [0.29, 0.717) is 49.6 Å². The number of amides is 1. The standard InChI is InChI=1S/C25H33ClN5O4P/c1-2-16-4-3-15(9-22(16)26)11-27-23-21(12-28-25(30-23)31-13-17-10-18(17)14-31)24(32)29-19-5-7-20(8-6-19)35-36(33)34/h3-4,9,12,17-20,33-34H,2,5-8,10-11,13-14H2,1H3,(H,29,32)(H,27,28,30). The quantitative estimate of drug-likeness (QED) is 0.357. The Hall–Kier alpha value is -2.03. The van der Waals surface area contributed by atoms with E-state index < -0.39 is 8.60 Å². The van der Waals surface area contributed by atoms with Crippen molar-refractivity contribution in [3.63, 3.8) is 0 Å². The maximum Gasteiger partial charge on any atom is 0.327 e. The van der Waals surface area contributed by atoms with Crippen molar-refractivity contribution in [1.82, 2.24) is 15.3 Å². The Bertz CT molecular complexity index is 1090. The lowest BCUT2D eigenvalue weighted by molar-refractivity contribution is 0.0878. The van der Waals surface area contributed by atoms with Crippen LogP contribution in [0.5, 0.6) is 0 Å². The molecule has 2 atom stereocenters. The van der Waals surface area contributed by atoms with E-state index in [0.717, 1.165) is 47.5 Å². The molecule has 36 heavy (non-hydrogen) atoms. The first-order valence-electron chi connectivity index (χ1n) is 12.7. The largest absolute Gasteiger partial charge is 0.365 e. The van der Waals surface area contributed by atoms with Gasteiger partial charge in [0.1, 0.15) is 11.4 Å². The molecule has 11 heteroatoms. The van der Waals surface area contributed by atoms with Gasteiger partial charge in [-0.3, -0.25) is 4.79 Å². The van der Waals surface area contributed by atoms with Crippen LogP contribution in [0.2, 0.25) is 5.02 Å². The lowest BCUT2D eigenvalue weighted by atomic mass is 9.93. The zero-order chi connectivity index (χ0) is 25.2. The highest BCUT2D eigenvalue weighted by Crippen LogP contribution is 2.45. The molecule has 1 aromatic carbocycles. The molecular weight excluding hydrogens is 501 g/mol. The topological polar surface area (TPSA) is 120 Å². The van der Waals surface area contributed by atoms with Crippen molar-refractivity contribution in [2.75, 3.05) is 23.3 Å². The van der Waals surface area contributed by atoms with Crippen LogP contribution in [0.4, 0.5) is 11.8 Å². The predicted molar refractivity (Wildman–Crippen MR) is 140 cm³/mol. The highest BCUT2D eigenvalue weighted by atomic mass is 35.5. The van der Waals surface area contributed by atoms with Crippen LogP contribution in [-0.2, 0) is 17.5 Å². The molecule has 9 nitrogen and oxygen atoms in total. The smallest absolute Gasteiger partial charge is 0.327 e. The van der Waals surface area contributed by atoms with Crippen molar-refractivity contribution in [3.8, 4) is 0 Å². The van der Waals surface area contributed by atoms with Crippen molar-refractivity contribution in [3.05, 3.63) is 46.1 Å². The molecule has 5 rings (SSSR count). The Morgan fingerprint density at radius 2 is 1.97 bits per heavy atom. The number of aryl methyl sites for hydroxylation is 1. The summed E-state index contributed by atoms with van der Waals surface area (Å²) in [5, 5.41) is 7.20. The Balaban J connectivity index is 1.28. The average molecular weight is 534 g/mol. The molecule has 4 N–H and O–H groups in total. The number of hydrogen-bond acceptors (Lipinski definition) is 8. The normalized spacial score (nSPS) is 25.1. The van der Waals surface area contributed by atoms with Crippen LogP contribution in [0.25, 0.3) is 0 Å². The lowest BCUT2D eigenvalue weighted by Crippen LogP contribution is -2.39. The number of hydrogen-bond donors (Lipinski definition) is 4.